The van der Waals surface area contributed by atoms with Gasteiger partial charge < -0.3 is 4.74 Å². The Morgan fingerprint density at radius 1 is 1.30 bits per heavy atom. The second-order valence-corrected chi connectivity index (χ2v) is 5.29. The zero-order valence-electron chi connectivity index (χ0n) is 9.78. The molecular weight excluding hydrogens is 315 g/mol. The molecule has 0 amide bonds. The van der Waals surface area contributed by atoms with E-state index < -0.39 is 22.7 Å². The molecule has 0 bridgehead atoms. The number of rotatable bonds is 3. The number of halogens is 4. The molecular formula is C12H7ClF3NO2S. The van der Waals surface area contributed by atoms with Gasteiger partial charge in [0.05, 0.1) is 0 Å². The number of thiazole rings is 1. The summed E-state index contributed by atoms with van der Waals surface area (Å²) in [5.74, 6) is -1.09. The van der Waals surface area contributed by atoms with Crippen LogP contribution < -0.4 is 0 Å². The quantitative estimate of drug-likeness (QED) is 0.796. The Balaban J connectivity index is 2.14. The van der Waals surface area contributed by atoms with Gasteiger partial charge in [0.1, 0.15) is 11.5 Å². The highest BCUT2D eigenvalue weighted by Crippen LogP contribution is 2.36. The predicted octanol–water partition coefficient (Wildman–Crippen LogP) is 4.17. The summed E-state index contributed by atoms with van der Waals surface area (Å²) in [5.41, 5.74) is -0.643. The molecule has 2 rings (SSSR count). The lowest BCUT2D eigenvalue weighted by Crippen LogP contribution is -2.13. The Bertz CT molecular complexity index is 613. The Morgan fingerprint density at radius 3 is 2.55 bits per heavy atom. The maximum Gasteiger partial charge on any atom is 0.435 e. The Hall–Kier alpha value is -1.60. The first-order valence-corrected chi connectivity index (χ1v) is 6.52. The molecule has 0 atom stereocenters. The molecule has 0 saturated heterocycles. The van der Waals surface area contributed by atoms with Gasteiger partial charge in [0.2, 0.25) is 0 Å². The van der Waals surface area contributed by atoms with Gasteiger partial charge in [-0.2, -0.15) is 13.2 Å². The lowest BCUT2D eigenvalue weighted by atomic mass is 10.2. The standard InChI is InChI=1S/C12H7ClF3NO2S/c13-11-17-9(12(14,15)16)8(20-11)10(18)19-6-7-4-2-1-3-5-7/h1-5H,6H2. The van der Waals surface area contributed by atoms with Crippen molar-refractivity contribution in [2.45, 2.75) is 12.8 Å². The summed E-state index contributed by atoms with van der Waals surface area (Å²) in [4.78, 5) is 14.2. The summed E-state index contributed by atoms with van der Waals surface area (Å²) >= 11 is 5.88. The molecule has 0 aliphatic rings. The van der Waals surface area contributed by atoms with E-state index in [0.29, 0.717) is 16.9 Å². The van der Waals surface area contributed by atoms with E-state index in [4.69, 9.17) is 16.3 Å². The minimum absolute atomic E-state index is 0.119. The molecule has 106 valence electrons. The monoisotopic (exact) mass is 321 g/mol. The van der Waals surface area contributed by atoms with E-state index in [0.717, 1.165) is 0 Å². The number of aromatic nitrogens is 1. The predicted molar refractivity (Wildman–Crippen MR) is 67.7 cm³/mol. The van der Waals surface area contributed by atoms with Gasteiger partial charge in [0.25, 0.3) is 0 Å². The van der Waals surface area contributed by atoms with Gasteiger partial charge >= 0.3 is 12.1 Å². The van der Waals surface area contributed by atoms with Crippen molar-refractivity contribution >= 4 is 28.9 Å². The van der Waals surface area contributed by atoms with Gasteiger partial charge in [0, 0.05) is 0 Å². The number of hydrogen-bond donors (Lipinski definition) is 0. The lowest BCUT2D eigenvalue weighted by molar-refractivity contribution is -0.141. The second kappa shape index (κ2) is 5.80. The van der Waals surface area contributed by atoms with Crippen molar-refractivity contribution in [3.63, 3.8) is 0 Å². The third-order valence-corrected chi connectivity index (χ3v) is 3.41. The van der Waals surface area contributed by atoms with Crippen molar-refractivity contribution in [1.82, 2.24) is 4.98 Å². The highest BCUT2D eigenvalue weighted by atomic mass is 35.5. The van der Waals surface area contributed by atoms with Crippen molar-refractivity contribution in [3.05, 3.63) is 50.9 Å². The largest absolute Gasteiger partial charge is 0.457 e. The molecule has 0 aliphatic carbocycles. The van der Waals surface area contributed by atoms with Crippen LogP contribution in [0.25, 0.3) is 0 Å². The van der Waals surface area contributed by atoms with Gasteiger partial charge in [-0.25, -0.2) is 9.78 Å². The number of ether oxygens (including phenoxy) is 1. The number of esters is 1. The van der Waals surface area contributed by atoms with Crippen LogP contribution in [0, 0.1) is 0 Å². The molecule has 0 aliphatic heterocycles. The first kappa shape index (κ1) is 14.8. The molecule has 2 aromatic rings. The molecule has 0 fully saturated rings. The fourth-order valence-electron chi connectivity index (χ4n) is 1.41. The minimum atomic E-state index is -4.75. The molecule has 1 heterocycles. The van der Waals surface area contributed by atoms with E-state index in [9.17, 15) is 18.0 Å². The maximum absolute atomic E-state index is 12.7. The van der Waals surface area contributed by atoms with E-state index in [2.05, 4.69) is 4.98 Å². The first-order chi connectivity index (χ1) is 9.38. The van der Waals surface area contributed by atoms with Crippen LogP contribution in [0.3, 0.4) is 0 Å². The molecule has 8 heteroatoms. The van der Waals surface area contributed by atoms with E-state index in [1.54, 1.807) is 30.3 Å². The summed E-state index contributed by atoms with van der Waals surface area (Å²) in [6.45, 7) is -0.119. The van der Waals surface area contributed by atoms with Crippen molar-refractivity contribution in [2.75, 3.05) is 0 Å². The fraction of sp³-hybridized carbons (Fsp3) is 0.167. The van der Waals surface area contributed by atoms with Crippen molar-refractivity contribution in [1.29, 1.82) is 0 Å². The lowest BCUT2D eigenvalue weighted by Gasteiger charge is -2.06. The topological polar surface area (TPSA) is 39.2 Å². The smallest absolute Gasteiger partial charge is 0.435 e. The third-order valence-electron chi connectivity index (χ3n) is 2.27. The summed E-state index contributed by atoms with van der Waals surface area (Å²) < 4.78 is 42.5. The average Bonchev–Trinajstić information content (AvgIpc) is 2.79. The molecule has 0 radical (unpaired) electrons. The van der Waals surface area contributed by atoms with E-state index in [1.807, 2.05) is 0 Å². The Morgan fingerprint density at radius 2 is 1.95 bits per heavy atom. The fourth-order valence-corrected chi connectivity index (χ4v) is 2.43. The Labute approximate surface area is 121 Å². The number of hydrogen-bond acceptors (Lipinski definition) is 4. The van der Waals surface area contributed by atoms with Crippen molar-refractivity contribution in [3.8, 4) is 0 Å². The maximum atomic E-state index is 12.7. The van der Waals surface area contributed by atoms with Crippen LogP contribution >= 0.6 is 22.9 Å². The molecule has 0 spiro atoms. The van der Waals surface area contributed by atoms with Crippen LogP contribution in [0.4, 0.5) is 13.2 Å². The zero-order chi connectivity index (χ0) is 14.8. The summed E-state index contributed by atoms with van der Waals surface area (Å²) in [6, 6.07) is 8.62. The van der Waals surface area contributed by atoms with Crippen molar-refractivity contribution < 1.29 is 22.7 Å². The SMILES string of the molecule is O=C(OCc1ccccc1)c1sc(Cl)nc1C(F)(F)F. The Kier molecular flexibility index (Phi) is 4.29. The van der Waals surface area contributed by atoms with Crippen LogP contribution in [0.5, 0.6) is 0 Å². The number of nitrogens with zero attached hydrogens (tertiary/aromatic N) is 1. The molecule has 1 aromatic carbocycles. The normalized spacial score (nSPS) is 11.4. The van der Waals surface area contributed by atoms with Crippen LogP contribution in [-0.4, -0.2) is 11.0 Å². The van der Waals surface area contributed by atoms with E-state index in [1.165, 1.54) is 0 Å². The molecule has 0 N–H and O–H groups in total. The molecule has 0 saturated carbocycles. The highest BCUT2D eigenvalue weighted by Gasteiger charge is 2.40. The number of carbonyl (C=O) groups excluding carboxylic acids is 1. The number of alkyl halides is 3. The summed E-state index contributed by atoms with van der Waals surface area (Å²) in [5, 5.41) is 0. The number of carbonyl (C=O) groups is 1. The summed E-state index contributed by atoms with van der Waals surface area (Å²) in [7, 11) is 0. The molecule has 1 aromatic heterocycles. The average molecular weight is 322 g/mol. The molecule has 3 nitrogen and oxygen atoms in total. The third kappa shape index (κ3) is 3.49. The number of benzene rings is 1. The highest BCUT2D eigenvalue weighted by molar-refractivity contribution is 7.17. The first-order valence-electron chi connectivity index (χ1n) is 5.32. The van der Waals surface area contributed by atoms with Gasteiger partial charge in [-0.15, -0.1) is 0 Å². The van der Waals surface area contributed by atoms with Crippen LogP contribution in [0.15, 0.2) is 30.3 Å². The molecule has 0 unspecified atom stereocenters. The van der Waals surface area contributed by atoms with Gasteiger partial charge in [-0.3, -0.25) is 0 Å². The van der Waals surface area contributed by atoms with Crippen LogP contribution in [-0.2, 0) is 17.5 Å². The molecule has 20 heavy (non-hydrogen) atoms. The second-order valence-electron chi connectivity index (χ2n) is 3.70. The van der Waals surface area contributed by atoms with Crippen LogP contribution in [0.1, 0.15) is 20.9 Å². The van der Waals surface area contributed by atoms with Crippen molar-refractivity contribution in [2.24, 2.45) is 0 Å². The van der Waals surface area contributed by atoms with Crippen LogP contribution in [0.2, 0.25) is 4.47 Å². The van der Waals surface area contributed by atoms with Gasteiger partial charge in [-0.05, 0) is 5.56 Å². The summed E-state index contributed by atoms with van der Waals surface area (Å²) in [6.07, 6.45) is -4.75. The minimum Gasteiger partial charge on any atom is -0.457 e. The van der Waals surface area contributed by atoms with E-state index in [-0.39, 0.29) is 11.1 Å². The van der Waals surface area contributed by atoms with E-state index >= 15 is 0 Å². The van der Waals surface area contributed by atoms with Gasteiger partial charge in [-0.1, -0.05) is 53.3 Å². The zero-order valence-corrected chi connectivity index (χ0v) is 11.4. The van der Waals surface area contributed by atoms with Gasteiger partial charge in [0.15, 0.2) is 10.2 Å².